The van der Waals surface area contributed by atoms with Gasteiger partial charge in [0.1, 0.15) is 23.4 Å². The topological polar surface area (TPSA) is 77.3 Å². The minimum Gasteiger partial charge on any atom is -0.373 e. The lowest BCUT2D eigenvalue weighted by Gasteiger charge is -2.40. The predicted molar refractivity (Wildman–Crippen MR) is 145 cm³/mol. The average molecular weight is 510 g/mol. The van der Waals surface area contributed by atoms with Crippen molar-refractivity contribution >= 4 is 33.9 Å². The highest BCUT2D eigenvalue weighted by Gasteiger charge is 2.39. The van der Waals surface area contributed by atoms with Crippen molar-refractivity contribution in [2.75, 3.05) is 20.2 Å². The first kappa shape index (κ1) is 26.4. The molecule has 0 aliphatic carbocycles. The third kappa shape index (κ3) is 4.71. The standard InChI is InChI=1S/C26H33BFN4O3P/c1-15(17-6-5-7-18(16(2)36)22(17)28)12-21-19-13-20(24(33)31(3)23(19)30-14-29-21)26(35-4)8-10-32(11-9-26)25(27)34/h5-7,13-16H,8-12,27,36H2,1-4H3/t15-,16?/m0/s1. The fourth-order valence-electron chi connectivity index (χ4n) is 5.28. The maximum Gasteiger partial charge on any atom is 0.258 e. The second-order valence-electron chi connectivity index (χ2n) is 9.83. The molecule has 1 amide bonds. The molecule has 1 aliphatic rings. The number of aryl methyl sites for hydroxylation is 1. The molecule has 0 N–H and O–H groups in total. The zero-order valence-corrected chi connectivity index (χ0v) is 22.7. The van der Waals surface area contributed by atoms with E-state index >= 15 is 4.39 Å². The number of piperidine rings is 1. The summed E-state index contributed by atoms with van der Waals surface area (Å²) in [6.45, 7) is 4.97. The van der Waals surface area contributed by atoms with Crippen molar-refractivity contribution < 1.29 is 13.9 Å². The predicted octanol–water partition coefficient (Wildman–Crippen LogP) is 3.44. The number of ether oxygens (including phenoxy) is 1. The number of amides is 1. The van der Waals surface area contributed by atoms with Crippen LogP contribution >= 0.6 is 9.24 Å². The van der Waals surface area contributed by atoms with E-state index in [1.54, 1.807) is 26.9 Å². The molecule has 1 saturated heterocycles. The zero-order chi connectivity index (χ0) is 26.2. The van der Waals surface area contributed by atoms with Gasteiger partial charge in [0.2, 0.25) is 7.85 Å². The van der Waals surface area contributed by atoms with Gasteiger partial charge in [-0.1, -0.05) is 32.0 Å². The van der Waals surface area contributed by atoms with Gasteiger partial charge in [0.15, 0.2) is 5.81 Å². The Hall–Kier alpha value is -2.64. The van der Waals surface area contributed by atoms with Gasteiger partial charge in [-0.25, -0.2) is 14.4 Å². The van der Waals surface area contributed by atoms with Gasteiger partial charge < -0.3 is 9.64 Å². The molecule has 2 aromatic heterocycles. The van der Waals surface area contributed by atoms with Crippen LogP contribution in [0.5, 0.6) is 0 Å². The summed E-state index contributed by atoms with van der Waals surface area (Å²) in [5, 5.41) is 0.753. The molecule has 3 atom stereocenters. The van der Waals surface area contributed by atoms with Crippen molar-refractivity contribution in [1.29, 1.82) is 0 Å². The molecular formula is C26H33BFN4O3P. The summed E-state index contributed by atoms with van der Waals surface area (Å²) >= 11 is 0. The summed E-state index contributed by atoms with van der Waals surface area (Å²) in [4.78, 5) is 36.0. The molecule has 1 aromatic carbocycles. The lowest BCUT2D eigenvalue weighted by molar-refractivity contribution is -0.0553. The van der Waals surface area contributed by atoms with Crippen LogP contribution in [0.4, 0.5) is 9.18 Å². The Balaban J connectivity index is 1.77. The SMILES string of the molecule is BC(=O)N1CCC(OC)(c2cc3c(C[C@H](C)c4cccc(C(C)P)c4F)ncnc3n(C)c2=O)CC1. The Morgan fingerprint density at radius 3 is 2.53 bits per heavy atom. The Morgan fingerprint density at radius 2 is 1.92 bits per heavy atom. The van der Waals surface area contributed by atoms with Crippen LogP contribution < -0.4 is 5.56 Å². The number of rotatable bonds is 6. The number of fused-ring (bicyclic) bond motifs is 1. The summed E-state index contributed by atoms with van der Waals surface area (Å²) in [6.07, 6.45) is 2.99. The number of pyridine rings is 1. The van der Waals surface area contributed by atoms with E-state index in [0.717, 1.165) is 11.1 Å². The van der Waals surface area contributed by atoms with Crippen LogP contribution in [0.15, 0.2) is 35.4 Å². The molecule has 4 rings (SSSR count). The van der Waals surface area contributed by atoms with E-state index in [1.807, 2.05) is 38.1 Å². The summed E-state index contributed by atoms with van der Waals surface area (Å²) in [5.74, 6) is -0.305. The third-order valence-electron chi connectivity index (χ3n) is 7.56. The molecule has 36 heavy (non-hydrogen) atoms. The summed E-state index contributed by atoms with van der Waals surface area (Å²) < 4.78 is 22.8. The van der Waals surface area contributed by atoms with Crippen LogP contribution in [-0.2, 0) is 23.8 Å². The summed E-state index contributed by atoms with van der Waals surface area (Å²) in [6, 6.07) is 7.38. The van der Waals surface area contributed by atoms with E-state index in [-0.39, 0.29) is 28.8 Å². The number of carbonyl (C=O) groups excluding carboxylic acids is 1. The molecule has 1 fully saturated rings. The second kappa shape index (κ2) is 10.4. The minimum atomic E-state index is -0.802. The monoisotopic (exact) mass is 510 g/mol. The van der Waals surface area contributed by atoms with Crippen LogP contribution in [0.2, 0.25) is 0 Å². The molecular weight excluding hydrogens is 477 g/mol. The van der Waals surface area contributed by atoms with Gasteiger partial charge in [0.25, 0.3) is 5.56 Å². The molecule has 3 aromatic rings. The van der Waals surface area contributed by atoms with Crippen LogP contribution in [0.1, 0.15) is 60.7 Å². The average Bonchev–Trinajstić information content (AvgIpc) is 2.86. The highest BCUT2D eigenvalue weighted by molar-refractivity contribution is 7.17. The number of aromatic nitrogens is 3. The van der Waals surface area contributed by atoms with Crippen LogP contribution in [0, 0.1) is 5.82 Å². The number of halogens is 1. The molecule has 1 aliphatic heterocycles. The number of hydrogen-bond acceptors (Lipinski definition) is 5. The van der Waals surface area contributed by atoms with E-state index in [4.69, 9.17) is 4.74 Å². The Morgan fingerprint density at radius 1 is 1.25 bits per heavy atom. The lowest BCUT2D eigenvalue weighted by atomic mass is 9.83. The summed E-state index contributed by atoms with van der Waals surface area (Å²) in [5.41, 5.74) is 2.16. The highest BCUT2D eigenvalue weighted by Crippen LogP contribution is 2.36. The van der Waals surface area contributed by atoms with Crippen molar-refractivity contribution in [2.24, 2.45) is 7.05 Å². The van der Waals surface area contributed by atoms with Gasteiger partial charge in [-0.05, 0) is 48.0 Å². The maximum atomic E-state index is 15.3. The first-order chi connectivity index (χ1) is 17.1. The number of methoxy groups -OCH3 is 1. The van der Waals surface area contributed by atoms with E-state index in [0.29, 0.717) is 54.7 Å². The van der Waals surface area contributed by atoms with Crippen LogP contribution in [0.3, 0.4) is 0 Å². The quantitative estimate of drug-likeness (QED) is 0.375. The molecule has 7 nitrogen and oxygen atoms in total. The zero-order valence-electron chi connectivity index (χ0n) is 21.5. The largest absolute Gasteiger partial charge is 0.373 e. The van der Waals surface area contributed by atoms with Crippen molar-refractivity contribution in [3.05, 3.63) is 69.1 Å². The van der Waals surface area contributed by atoms with E-state index in [1.165, 1.54) is 10.9 Å². The Kier molecular flexibility index (Phi) is 7.63. The maximum absolute atomic E-state index is 15.3. The molecule has 0 spiro atoms. The van der Waals surface area contributed by atoms with Crippen molar-refractivity contribution in [3.8, 4) is 0 Å². The van der Waals surface area contributed by atoms with E-state index in [2.05, 4.69) is 19.2 Å². The molecule has 0 saturated carbocycles. The van der Waals surface area contributed by atoms with Gasteiger partial charge in [-0.2, -0.15) is 0 Å². The second-order valence-corrected chi connectivity index (χ2v) is 10.8. The van der Waals surface area contributed by atoms with Crippen LogP contribution in [0.25, 0.3) is 11.0 Å². The number of hydrogen-bond donors (Lipinski definition) is 0. The molecule has 10 heteroatoms. The molecule has 0 bridgehead atoms. The van der Waals surface area contributed by atoms with Crippen molar-refractivity contribution in [3.63, 3.8) is 0 Å². The first-order valence-corrected chi connectivity index (χ1v) is 12.9. The number of nitrogens with zero attached hydrogens (tertiary/aromatic N) is 4. The smallest absolute Gasteiger partial charge is 0.258 e. The van der Waals surface area contributed by atoms with Crippen molar-refractivity contribution in [2.45, 2.75) is 50.3 Å². The fourth-order valence-corrected chi connectivity index (χ4v) is 5.53. The van der Waals surface area contributed by atoms with Gasteiger partial charge in [0.05, 0.1) is 11.3 Å². The molecule has 0 radical (unpaired) electrons. The van der Waals surface area contributed by atoms with Crippen LogP contribution in [-0.4, -0.2) is 53.3 Å². The lowest BCUT2D eigenvalue weighted by Crippen LogP contribution is -2.48. The molecule has 3 heterocycles. The fraction of sp³-hybridized carbons (Fsp3) is 0.462. The van der Waals surface area contributed by atoms with E-state index in [9.17, 15) is 9.59 Å². The Bertz CT molecular complexity index is 1360. The molecule has 190 valence electrons. The summed E-state index contributed by atoms with van der Waals surface area (Å²) in [7, 11) is 7.51. The first-order valence-electron chi connectivity index (χ1n) is 12.3. The van der Waals surface area contributed by atoms with Gasteiger partial charge in [-0.15, -0.1) is 9.24 Å². The normalized spacial score (nSPS) is 17.2. The Labute approximate surface area is 214 Å². The molecule has 2 unspecified atom stereocenters. The highest BCUT2D eigenvalue weighted by atomic mass is 31.0. The van der Waals surface area contributed by atoms with Gasteiger partial charge in [-0.3, -0.25) is 14.2 Å². The van der Waals surface area contributed by atoms with Gasteiger partial charge >= 0.3 is 0 Å². The third-order valence-corrected chi connectivity index (χ3v) is 7.92. The van der Waals surface area contributed by atoms with Gasteiger partial charge in [0, 0.05) is 32.6 Å². The minimum absolute atomic E-state index is 0.00812. The number of likely N-dealkylation sites (tertiary alicyclic amines) is 1. The number of benzene rings is 1. The van der Waals surface area contributed by atoms with Crippen molar-refractivity contribution in [1.82, 2.24) is 19.4 Å². The number of carbonyl (C=O) groups is 1. The van der Waals surface area contributed by atoms with E-state index < -0.39 is 5.60 Å².